The molecule has 1 N–H and O–H groups in total. The summed E-state index contributed by atoms with van der Waals surface area (Å²) in [5.74, 6) is 0.878. The number of para-hydroxylation sites is 1. The standard InChI is InChI=1S/C23H27BrN2O3/c1-17(19-6-5-7-20(24)16-19)25-23(28)18-10-13-26(14-11-18)22(27)12-15-29-21-8-3-2-4-9-21/h2-9,16-18H,10-15H2,1H3,(H,25,28). The van der Waals surface area contributed by atoms with Gasteiger partial charge < -0.3 is 15.0 Å². The summed E-state index contributed by atoms with van der Waals surface area (Å²) in [4.78, 5) is 26.9. The number of nitrogens with one attached hydrogen (secondary N) is 1. The Morgan fingerprint density at radius 1 is 1.14 bits per heavy atom. The zero-order valence-electron chi connectivity index (χ0n) is 16.6. The number of rotatable bonds is 7. The van der Waals surface area contributed by atoms with Gasteiger partial charge in [-0.25, -0.2) is 0 Å². The molecule has 2 amide bonds. The topological polar surface area (TPSA) is 58.6 Å². The van der Waals surface area contributed by atoms with Crippen LogP contribution >= 0.6 is 15.9 Å². The molecule has 5 nitrogen and oxygen atoms in total. The molecule has 1 saturated heterocycles. The lowest BCUT2D eigenvalue weighted by Gasteiger charge is -2.32. The highest BCUT2D eigenvalue weighted by Crippen LogP contribution is 2.22. The van der Waals surface area contributed by atoms with Crippen LogP contribution in [0.3, 0.4) is 0 Å². The van der Waals surface area contributed by atoms with Crippen LogP contribution in [-0.4, -0.2) is 36.4 Å². The quantitative estimate of drug-likeness (QED) is 0.671. The van der Waals surface area contributed by atoms with Crippen LogP contribution in [0.5, 0.6) is 5.75 Å². The first-order valence-electron chi connectivity index (χ1n) is 10.0. The normalized spacial score (nSPS) is 15.6. The molecule has 2 aromatic rings. The van der Waals surface area contributed by atoms with Gasteiger partial charge in [-0.05, 0) is 49.6 Å². The van der Waals surface area contributed by atoms with E-state index < -0.39 is 0 Å². The fourth-order valence-electron chi connectivity index (χ4n) is 3.51. The molecule has 1 atom stereocenters. The van der Waals surface area contributed by atoms with Gasteiger partial charge in [0.15, 0.2) is 0 Å². The van der Waals surface area contributed by atoms with Gasteiger partial charge in [0.25, 0.3) is 0 Å². The summed E-state index contributed by atoms with van der Waals surface area (Å²) < 4.78 is 6.61. The highest BCUT2D eigenvalue weighted by atomic mass is 79.9. The minimum atomic E-state index is -0.0470. The summed E-state index contributed by atoms with van der Waals surface area (Å²) in [5, 5.41) is 3.11. The maximum atomic E-state index is 12.6. The highest BCUT2D eigenvalue weighted by Gasteiger charge is 2.28. The molecule has 0 bridgehead atoms. The molecule has 3 rings (SSSR count). The van der Waals surface area contributed by atoms with Crippen molar-refractivity contribution >= 4 is 27.7 Å². The summed E-state index contributed by atoms with van der Waals surface area (Å²) in [5.41, 5.74) is 1.07. The van der Waals surface area contributed by atoms with E-state index >= 15 is 0 Å². The SMILES string of the molecule is CC(NC(=O)C1CCN(C(=O)CCOc2ccccc2)CC1)c1cccc(Br)c1. The summed E-state index contributed by atoms with van der Waals surface area (Å²) in [6.45, 7) is 3.60. The van der Waals surface area contributed by atoms with Crippen LogP contribution in [0.25, 0.3) is 0 Å². The Labute approximate surface area is 180 Å². The van der Waals surface area contributed by atoms with Crippen molar-refractivity contribution in [3.05, 3.63) is 64.6 Å². The third-order valence-electron chi connectivity index (χ3n) is 5.25. The third kappa shape index (κ3) is 6.32. The van der Waals surface area contributed by atoms with Crippen molar-refractivity contribution in [3.63, 3.8) is 0 Å². The van der Waals surface area contributed by atoms with Crippen LogP contribution in [-0.2, 0) is 9.59 Å². The summed E-state index contributed by atoms with van der Waals surface area (Å²) >= 11 is 3.47. The minimum Gasteiger partial charge on any atom is -0.493 e. The minimum absolute atomic E-state index is 0.0465. The summed E-state index contributed by atoms with van der Waals surface area (Å²) in [6.07, 6.45) is 1.75. The van der Waals surface area contributed by atoms with E-state index in [1.165, 1.54) is 0 Å². The van der Waals surface area contributed by atoms with Crippen molar-refractivity contribution in [1.82, 2.24) is 10.2 Å². The van der Waals surface area contributed by atoms with Gasteiger partial charge in [-0.3, -0.25) is 9.59 Å². The van der Waals surface area contributed by atoms with E-state index in [0.29, 0.717) is 39.0 Å². The molecular weight excluding hydrogens is 432 g/mol. The molecule has 1 heterocycles. The predicted molar refractivity (Wildman–Crippen MR) is 117 cm³/mol. The number of halogens is 1. The third-order valence-corrected chi connectivity index (χ3v) is 5.75. The van der Waals surface area contributed by atoms with Crippen LogP contribution in [0, 0.1) is 5.92 Å². The first-order chi connectivity index (χ1) is 14.0. The van der Waals surface area contributed by atoms with E-state index in [1.54, 1.807) is 0 Å². The molecule has 1 aliphatic heterocycles. The van der Waals surface area contributed by atoms with Crippen LogP contribution < -0.4 is 10.1 Å². The molecule has 0 saturated carbocycles. The molecular formula is C23H27BrN2O3. The zero-order chi connectivity index (χ0) is 20.6. The highest BCUT2D eigenvalue weighted by molar-refractivity contribution is 9.10. The number of hydrogen-bond acceptors (Lipinski definition) is 3. The molecule has 6 heteroatoms. The van der Waals surface area contributed by atoms with Crippen molar-refractivity contribution in [3.8, 4) is 5.75 Å². The number of piperidine rings is 1. The molecule has 0 aromatic heterocycles. The second-order valence-electron chi connectivity index (χ2n) is 7.35. The van der Waals surface area contributed by atoms with Crippen LogP contribution in [0.1, 0.15) is 37.8 Å². The maximum Gasteiger partial charge on any atom is 0.225 e. The second-order valence-corrected chi connectivity index (χ2v) is 8.27. The number of carbonyl (C=O) groups excluding carboxylic acids is 2. The van der Waals surface area contributed by atoms with Gasteiger partial charge in [-0.1, -0.05) is 46.3 Å². The number of nitrogens with zero attached hydrogens (tertiary/aromatic N) is 1. The Hall–Kier alpha value is -2.34. The Kier molecular flexibility index (Phi) is 7.69. The largest absolute Gasteiger partial charge is 0.493 e. The molecule has 0 radical (unpaired) electrons. The lowest BCUT2D eigenvalue weighted by molar-refractivity contribution is -0.136. The smallest absolute Gasteiger partial charge is 0.225 e. The molecule has 0 aliphatic carbocycles. The van der Waals surface area contributed by atoms with E-state index in [1.807, 2.05) is 66.4 Å². The number of benzene rings is 2. The molecule has 2 aromatic carbocycles. The lowest BCUT2D eigenvalue weighted by atomic mass is 9.95. The Morgan fingerprint density at radius 3 is 2.55 bits per heavy atom. The van der Waals surface area contributed by atoms with Crippen LogP contribution in [0.4, 0.5) is 0 Å². The number of amides is 2. The van der Waals surface area contributed by atoms with Crippen molar-refractivity contribution in [2.45, 2.75) is 32.2 Å². The number of carbonyl (C=O) groups is 2. The van der Waals surface area contributed by atoms with Gasteiger partial charge in [0.05, 0.1) is 19.1 Å². The molecule has 29 heavy (non-hydrogen) atoms. The van der Waals surface area contributed by atoms with Crippen LogP contribution in [0.2, 0.25) is 0 Å². The Balaban J connectivity index is 1.40. The lowest BCUT2D eigenvalue weighted by Crippen LogP contribution is -2.43. The van der Waals surface area contributed by atoms with Crippen molar-refractivity contribution in [2.75, 3.05) is 19.7 Å². The number of ether oxygens (including phenoxy) is 1. The molecule has 1 aliphatic rings. The maximum absolute atomic E-state index is 12.6. The van der Waals surface area contributed by atoms with E-state index in [9.17, 15) is 9.59 Å². The zero-order valence-corrected chi connectivity index (χ0v) is 18.2. The second kappa shape index (κ2) is 10.4. The molecule has 0 spiro atoms. The number of likely N-dealkylation sites (tertiary alicyclic amines) is 1. The van der Waals surface area contributed by atoms with Gasteiger partial charge in [-0.15, -0.1) is 0 Å². The van der Waals surface area contributed by atoms with Gasteiger partial charge in [0, 0.05) is 23.5 Å². The Morgan fingerprint density at radius 2 is 1.86 bits per heavy atom. The first-order valence-corrected chi connectivity index (χ1v) is 10.8. The fourth-order valence-corrected chi connectivity index (χ4v) is 3.93. The Bertz CT molecular complexity index is 820. The average Bonchev–Trinajstić information content (AvgIpc) is 2.74. The molecule has 154 valence electrons. The summed E-state index contributed by atoms with van der Waals surface area (Å²) in [6, 6.07) is 17.4. The van der Waals surface area contributed by atoms with E-state index in [2.05, 4.69) is 21.2 Å². The van der Waals surface area contributed by atoms with Gasteiger partial charge in [0.2, 0.25) is 11.8 Å². The monoisotopic (exact) mass is 458 g/mol. The van der Waals surface area contributed by atoms with E-state index in [0.717, 1.165) is 15.8 Å². The average molecular weight is 459 g/mol. The van der Waals surface area contributed by atoms with Crippen LogP contribution in [0.15, 0.2) is 59.1 Å². The van der Waals surface area contributed by atoms with Gasteiger partial charge in [-0.2, -0.15) is 0 Å². The van der Waals surface area contributed by atoms with Gasteiger partial charge in [0.1, 0.15) is 5.75 Å². The molecule has 1 unspecified atom stereocenters. The fraction of sp³-hybridized carbons (Fsp3) is 0.391. The van der Waals surface area contributed by atoms with Crippen molar-refractivity contribution < 1.29 is 14.3 Å². The van der Waals surface area contributed by atoms with E-state index in [4.69, 9.17) is 4.74 Å². The van der Waals surface area contributed by atoms with Gasteiger partial charge >= 0.3 is 0 Å². The number of hydrogen-bond donors (Lipinski definition) is 1. The predicted octanol–water partition coefficient (Wildman–Crippen LogP) is 4.33. The molecule has 1 fully saturated rings. The van der Waals surface area contributed by atoms with E-state index in [-0.39, 0.29) is 23.8 Å². The van der Waals surface area contributed by atoms with Crippen molar-refractivity contribution in [2.24, 2.45) is 5.92 Å². The summed E-state index contributed by atoms with van der Waals surface area (Å²) in [7, 11) is 0. The first kappa shape index (κ1) is 21.4. The van der Waals surface area contributed by atoms with Crippen molar-refractivity contribution in [1.29, 1.82) is 0 Å².